The van der Waals surface area contributed by atoms with Crippen molar-refractivity contribution in [2.75, 3.05) is 19.6 Å². The van der Waals surface area contributed by atoms with Crippen LogP contribution in [0.4, 0.5) is 0 Å². The van der Waals surface area contributed by atoms with Crippen molar-refractivity contribution in [2.24, 2.45) is 0 Å². The fourth-order valence-corrected chi connectivity index (χ4v) is 4.59. The molecular weight excluding hydrogens is 378 g/mol. The third kappa shape index (κ3) is 3.88. The van der Waals surface area contributed by atoms with Crippen LogP contribution in [-0.4, -0.2) is 34.1 Å². The highest BCUT2D eigenvalue weighted by molar-refractivity contribution is 7.17. The first kappa shape index (κ1) is 19.6. The van der Waals surface area contributed by atoms with Crippen LogP contribution >= 0.6 is 11.3 Å². The van der Waals surface area contributed by atoms with Gasteiger partial charge in [0.15, 0.2) is 0 Å². The van der Waals surface area contributed by atoms with E-state index in [0.717, 1.165) is 52.4 Å². The molecule has 0 saturated heterocycles. The zero-order valence-corrected chi connectivity index (χ0v) is 17.7. The zero-order valence-electron chi connectivity index (χ0n) is 16.8. The summed E-state index contributed by atoms with van der Waals surface area (Å²) < 4.78 is 1.86. The van der Waals surface area contributed by atoms with E-state index in [1.54, 1.807) is 0 Å². The molecule has 0 aliphatic heterocycles. The van der Waals surface area contributed by atoms with Gasteiger partial charge in [0.2, 0.25) is 0 Å². The van der Waals surface area contributed by atoms with Gasteiger partial charge in [0.1, 0.15) is 10.7 Å². The van der Waals surface area contributed by atoms with Gasteiger partial charge in [-0.05, 0) is 18.7 Å². The summed E-state index contributed by atoms with van der Waals surface area (Å²) >= 11 is 1.54. The van der Waals surface area contributed by atoms with Crippen LogP contribution in [0.3, 0.4) is 0 Å². The first-order valence-electron chi connectivity index (χ1n) is 10.1. The molecule has 0 bridgehead atoms. The Bertz CT molecular complexity index is 1150. The lowest BCUT2D eigenvalue weighted by molar-refractivity contribution is 0.289. The molecule has 0 amide bonds. The van der Waals surface area contributed by atoms with Crippen LogP contribution in [-0.2, 0) is 6.54 Å². The maximum absolute atomic E-state index is 13.7. The molecule has 0 unspecified atom stereocenters. The number of thiophene rings is 1. The third-order valence-corrected chi connectivity index (χ3v) is 6.22. The summed E-state index contributed by atoms with van der Waals surface area (Å²) in [4.78, 5) is 21.8. The normalized spacial score (nSPS) is 11.4. The predicted octanol–water partition coefficient (Wildman–Crippen LogP) is 5.13. The van der Waals surface area contributed by atoms with Crippen LogP contribution in [0.2, 0.25) is 0 Å². The van der Waals surface area contributed by atoms with Crippen LogP contribution in [0, 0.1) is 0 Å². The van der Waals surface area contributed by atoms with Crippen LogP contribution in [0.1, 0.15) is 13.8 Å². The minimum absolute atomic E-state index is 0.0427. The highest BCUT2D eigenvalue weighted by Crippen LogP contribution is 2.32. The van der Waals surface area contributed by atoms with Crippen LogP contribution in [0.5, 0.6) is 0 Å². The van der Waals surface area contributed by atoms with Crippen LogP contribution < -0.4 is 5.56 Å². The number of hydrogen-bond acceptors (Lipinski definition) is 4. The molecule has 2 aromatic heterocycles. The Kier molecular flexibility index (Phi) is 5.88. The molecule has 4 nitrogen and oxygen atoms in total. The topological polar surface area (TPSA) is 38.1 Å². The molecule has 0 spiro atoms. The first-order valence-corrected chi connectivity index (χ1v) is 11.0. The van der Waals surface area contributed by atoms with Gasteiger partial charge in [0.25, 0.3) is 5.56 Å². The molecule has 5 heteroatoms. The summed E-state index contributed by atoms with van der Waals surface area (Å²) in [5, 5.41) is 2.78. The van der Waals surface area contributed by atoms with E-state index in [0.29, 0.717) is 6.54 Å². The van der Waals surface area contributed by atoms with Crippen molar-refractivity contribution in [3.05, 3.63) is 76.4 Å². The van der Waals surface area contributed by atoms with Gasteiger partial charge < -0.3 is 4.90 Å². The maximum Gasteiger partial charge on any atom is 0.263 e. The van der Waals surface area contributed by atoms with Gasteiger partial charge in [0, 0.05) is 29.6 Å². The number of nitrogens with zero attached hydrogens (tertiary/aromatic N) is 3. The second-order valence-corrected chi connectivity index (χ2v) is 7.84. The van der Waals surface area contributed by atoms with Gasteiger partial charge in [-0.15, -0.1) is 11.3 Å². The minimum atomic E-state index is 0.0427. The standard InChI is InChI=1S/C24H25N3OS/c1-3-26(4-2)15-16-27-22(19-13-9-6-10-14-19)25-23-21(24(27)28)20(17-29-23)18-11-7-5-8-12-18/h5-14,17H,3-4,15-16H2,1-2H3. The molecular formula is C24H25N3OS. The second kappa shape index (κ2) is 8.72. The van der Waals surface area contributed by atoms with Crippen molar-refractivity contribution in [1.29, 1.82) is 0 Å². The summed E-state index contributed by atoms with van der Waals surface area (Å²) in [5.41, 5.74) is 3.04. The monoisotopic (exact) mass is 403 g/mol. The van der Waals surface area contributed by atoms with Crippen LogP contribution in [0.15, 0.2) is 70.8 Å². The molecule has 4 rings (SSSR count). The van der Waals surface area contributed by atoms with Crippen molar-refractivity contribution >= 4 is 21.6 Å². The zero-order chi connectivity index (χ0) is 20.2. The third-order valence-electron chi connectivity index (χ3n) is 5.34. The molecule has 148 valence electrons. The SMILES string of the molecule is CCN(CC)CCn1c(-c2ccccc2)nc2scc(-c3ccccc3)c2c1=O. The van der Waals surface area contributed by atoms with Crippen molar-refractivity contribution < 1.29 is 0 Å². The summed E-state index contributed by atoms with van der Waals surface area (Å²) in [6.07, 6.45) is 0. The number of aromatic nitrogens is 2. The van der Waals surface area contributed by atoms with Gasteiger partial charge >= 0.3 is 0 Å². The lowest BCUT2D eigenvalue weighted by Gasteiger charge is -2.20. The smallest absolute Gasteiger partial charge is 0.263 e. The molecule has 29 heavy (non-hydrogen) atoms. The lowest BCUT2D eigenvalue weighted by Crippen LogP contribution is -2.32. The Hall–Kier alpha value is -2.76. The van der Waals surface area contributed by atoms with Crippen molar-refractivity contribution in [1.82, 2.24) is 14.5 Å². The predicted molar refractivity (Wildman–Crippen MR) is 123 cm³/mol. The molecule has 2 heterocycles. The van der Waals surface area contributed by atoms with Gasteiger partial charge in [0.05, 0.1) is 5.39 Å². The molecule has 2 aromatic carbocycles. The maximum atomic E-state index is 13.7. The first-order chi connectivity index (χ1) is 14.2. The van der Waals surface area contributed by atoms with Gasteiger partial charge in [-0.1, -0.05) is 74.5 Å². The van der Waals surface area contributed by atoms with E-state index in [9.17, 15) is 4.79 Å². The number of hydrogen-bond donors (Lipinski definition) is 0. The van der Waals surface area contributed by atoms with E-state index >= 15 is 0 Å². The Labute approximate surface area is 175 Å². The average molecular weight is 404 g/mol. The molecule has 4 aromatic rings. The van der Waals surface area contributed by atoms with Crippen molar-refractivity contribution in [2.45, 2.75) is 20.4 Å². The fourth-order valence-electron chi connectivity index (χ4n) is 3.65. The van der Waals surface area contributed by atoms with Gasteiger partial charge in [-0.2, -0.15) is 0 Å². The summed E-state index contributed by atoms with van der Waals surface area (Å²) in [7, 11) is 0. The summed E-state index contributed by atoms with van der Waals surface area (Å²) in [5.74, 6) is 0.747. The van der Waals surface area contributed by atoms with E-state index in [-0.39, 0.29) is 5.56 Å². The Morgan fingerprint density at radius 2 is 1.55 bits per heavy atom. The van der Waals surface area contributed by atoms with E-state index in [1.807, 2.05) is 65.2 Å². The quantitative estimate of drug-likeness (QED) is 0.429. The van der Waals surface area contributed by atoms with Crippen molar-refractivity contribution in [3.8, 4) is 22.5 Å². The molecule has 0 aliphatic rings. The van der Waals surface area contributed by atoms with E-state index < -0.39 is 0 Å². The number of likely N-dealkylation sites (N-methyl/N-ethyl adjacent to an activating group) is 1. The Morgan fingerprint density at radius 1 is 0.931 bits per heavy atom. The molecule has 0 radical (unpaired) electrons. The summed E-state index contributed by atoms with van der Waals surface area (Å²) in [6, 6.07) is 20.1. The van der Waals surface area contributed by atoms with Crippen LogP contribution in [0.25, 0.3) is 32.7 Å². The largest absolute Gasteiger partial charge is 0.302 e. The van der Waals surface area contributed by atoms with Gasteiger partial charge in [-0.3, -0.25) is 9.36 Å². The molecule has 0 fully saturated rings. The molecule has 0 N–H and O–H groups in total. The lowest BCUT2D eigenvalue weighted by atomic mass is 10.1. The highest BCUT2D eigenvalue weighted by atomic mass is 32.1. The Balaban J connectivity index is 1.90. The Morgan fingerprint density at radius 3 is 2.17 bits per heavy atom. The second-order valence-electron chi connectivity index (χ2n) is 6.98. The number of rotatable bonds is 7. The van der Waals surface area contributed by atoms with E-state index in [2.05, 4.69) is 24.1 Å². The summed E-state index contributed by atoms with van der Waals surface area (Å²) in [6.45, 7) is 7.68. The molecule has 0 atom stereocenters. The number of benzene rings is 2. The average Bonchev–Trinajstić information content (AvgIpc) is 3.21. The number of fused-ring (bicyclic) bond motifs is 1. The van der Waals surface area contributed by atoms with E-state index in [1.165, 1.54) is 11.3 Å². The minimum Gasteiger partial charge on any atom is -0.302 e. The fraction of sp³-hybridized carbons (Fsp3) is 0.250. The van der Waals surface area contributed by atoms with Gasteiger partial charge in [-0.25, -0.2) is 4.98 Å². The molecule has 0 aliphatic carbocycles. The van der Waals surface area contributed by atoms with E-state index in [4.69, 9.17) is 4.98 Å². The molecule has 0 saturated carbocycles. The van der Waals surface area contributed by atoms with Crippen molar-refractivity contribution in [3.63, 3.8) is 0 Å². The highest BCUT2D eigenvalue weighted by Gasteiger charge is 2.18.